The number of aliphatic hydroxyl groups excluding tert-OH is 3. The van der Waals surface area contributed by atoms with Crippen LogP contribution in [-0.2, 0) is 4.74 Å². The van der Waals surface area contributed by atoms with E-state index in [4.69, 9.17) is 25.2 Å². The molecule has 0 aliphatic heterocycles. The summed E-state index contributed by atoms with van der Waals surface area (Å²) in [5, 5.41) is 36.1. The average Bonchev–Trinajstić information content (AvgIpc) is 2.52. The predicted molar refractivity (Wildman–Crippen MR) is 72.0 cm³/mol. The number of aromatic carboxylic acids is 1. The Kier molecular flexibility index (Phi) is 6.29. The van der Waals surface area contributed by atoms with Crippen molar-refractivity contribution in [3.05, 3.63) is 35.4 Å². The fourth-order valence-electron chi connectivity index (χ4n) is 1.58. The quantitative estimate of drug-likeness (QED) is 0.494. The van der Waals surface area contributed by atoms with Crippen molar-refractivity contribution in [1.82, 2.24) is 0 Å². The lowest BCUT2D eigenvalue weighted by Crippen LogP contribution is -2.35. The van der Waals surface area contributed by atoms with E-state index in [0.717, 1.165) is 0 Å². The number of ether oxygens (including phenoxy) is 1. The van der Waals surface area contributed by atoms with Gasteiger partial charge in [0.25, 0.3) is 0 Å². The highest BCUT2D eigenvalue weighted by atomic mass is 16.5. The number of carbonyl (C=O) groups is 2. The summed E-state index contributed by atoms with van der Waals surface area (Å²) < 4.78 is 4.97. The molecule has 7 nitrogen and oxygen atoms in total. The van der Waals surface area contributed by atoms with Gasteiger partial charge >= 0.3 is 11.9 Å². The van der Waals surface area contributed by atoms with E-state index in [9.17, 15) is 9.59 Å². The Morgan fingerprint density at radius 2 is 1.43 bits per heavy atom. The van der Waals surface area contributed by atoms with Gasteiger partial charge in [-0.25, -0.2) is 9.59 Å². The molecule has 116 valence electrons. The van der Waals surface area contributed by atoms with Gasteiger partial charge in [0.05, 0.1) is 37.6 Å². The second-order valence-corrected chi connectivity index (χ2v) is 4.74. The van der Waals surface area contributed by atoms with Crippen molar-refractivity contribution in [3.63, 3.8) is 0 Å². The van der Waals surface area contributed by atoms with Crippen molar-refractivity contribution in [1.29, 1.82) is 0 Å². The Morgan fingerprint density at radius 3 is 1.86 bits per heavy atom. The summed E-state index contributed by atoms with van der Waals surface area (Å²) in [7, 11) is 0. The van der Waals surface area contributed by atoms with Crippen molar-refractivity contribution in [2.45, 2.75) is 6.42 Å². The minimum Gasteiger partial charge on any atom is -0.478 e. The van der Waals surface area contributed by atoms with Gasteiger partial charge < -0.3 is 25.2 Å². The van der Waals surface area contributed by atoms with Crippen LogP contribution in [0.15, 0.2) is 24.3 Å². The number of carboxylic acids is 1. The fraction of sp³-hybridized carbons (Fsp3) is 0.429. The van der Waals surface area contributed by atoms with E-state index in [1.807, 2.05) is 0 Å². The maximum atomic E-state index is 11.7. The van der Waals surface area contributed by atoms with Crippen LogP contribution in [0.25, 0.3) is 0 Å². The summed E-state index contributed by atoms with van der Waals surface area (Å²) in [5.41, 5.74) is -0.831. The van der Waals surface area contributed by atoms with Crippen LogP contribution in [-0.4, -0.2) is 58.8 Å². The fourth-order valence-corrected chi connectivity index (χ4v) is 1.58. The minimum atomic E-state index is -1.09. The number of carboxylic acid groups (broad SMARTS) is 1. The number of benzene rings is 1. The monoisotopic (exact) mass is 298 g/mol. The van der Waals surface area contributed by atoms with Crippen LogP contribution in [0.1, 0.15) is 27.1 Å². The molecule has 0 unspecified atom stereocenters. The van der Waals surface area contributed by atoms with Crippen LogP contribution < -0.4 is 0 Å². The van der Waals surface area contributed by atoms with Gasteiger partial charge in [0.2, 0.25) is 0 Å². The van der Waals surface area contributed by atoms with Crippen LogP contribution in [0, 0.1) is 5.41 Å². The summed E-state index contributed by atoms with van der Waals surface area (Å²) in [4.78, 5) is 22.4. The topological polar surface area (TPSA) is 124 Å². The molecule has 7 heteroatoms. The van der Waals surface area contributed by atoms with Crippen molar-refractivity contribution < 1.29 is 34.8 Å². The first-order chi connectivity index (χ1) is 9.98. The molecule has 0 atom stereocenters. The molecular formula is C14H18O7. The molecule has 1 aromatic carbocycles. The second kappa shape index (κ2) is 7.72. The molecule has 21 heavy (non-hydrogen) atoms. The average molecular weight is 298 g/mol. The number of carbonyl (C=O) groups excluding carboxylic acids is 1. The predicted octanol–water partition coefficient (Wildman–Crippen LogP) is -0.105. The molecule has 4 N–H and O–H groups in total. The molecule has 0 saturated carbocycles. The summed E-state index contributed by atoms with van der Waals surface area (Å²) in [6, 6.07) is 5.25. The second-order valence-electron chi connectivity index (χ2n) is 4.74. The maximum absolute atomic E-state index is 11.7. The van der Waals surface area contributed by atoms with Crippen LogP contribution in [0.4, 0.5) is 0 Å². The van der Waals surface area contributed by atoms with E-state index in [1.54, 1.807) is 0 Å². The first kappa shape index (κ1) is 17.1. The molecule has 0 saturated heterocycles. The molecule has 0 heterocycles. The van der Waals surface area contributed by atoms with E-state index in [2.05, 4.69) is 0 Å². The van der Waals surface area contributed by atoms with E-state index in [-0.39, 0.29) is 24.2 Å². The van der Waals surface area contributed by atoms with Crippen LogP contribution >= 0.6 is 0 Å². The zero-order chi connectivity index (χ0) is 15.9. The third-order valence-electron chi connectivity index (χ3n) is 3.24. The maximum Gasteiger partial charge on any atom is 0.338 e. The summed E-state index contributed by atoms with van der Waals surface area (Å²) in [6.07, 6.45) is 0.107. The summed E-state index contributed by atoms with van der Waals surface area (Å²) in [6.45, 7) is -1.36. The number of rotatable bonds is 8. The lowest BCUT2D eigenvalue weighted by Gasteiger charge is -2.26. The zero-order valence-electron chi connectivity index (χ0n) is 11.4. The Morgan fingerprint density at radius 1 is 0.952 bits per heavy atom. The number of hydrogen-bond donors (Lipinski definition) is 4. The molecule has 0 aliphatic carbocycles. The van der Waals surface area contributed by atoms with Gasteiger partial charge in [0, 0.05) is 5.41 Å². The van der Waals surface area contributed by atoms with Crippen LogP contribution in [0.3, 0.4) is 0 Å². The van der Waals surface area contributed by atoms with Gasteiger partial charge in [-0.1, -0.05) is 0 Å². The molecule has 0 radical (unpaired) electrons. The highest BCUT2D eigenvalue weighted by molar-refractivity contribution is 5.92. The molecule has 0 aliphatic rings. The van der Waals surface area contributed by atoms with Gasteiger partial charge in [-0.05, 0) is 30.7 Å². The molecule has 0 bridgehead atoms. The molecule has 0 fully saturated rings. The van der Waals surface area contributed by atoms with E-state index in [0.29, 0.717) is 0 Å². The van der Waals surface area contributed by atoms with Gasteiger partial charge in [0.15, 0.2) is 0 Å². The Labute approximate surface area is 121 Å². The lowest BCUT2D eigenvalue weighted by atomic mass is 9.88. The molecule has 1 rings (SSSR count). The van der Waals surface area contributed by atoms with Crippen LogP contribution in [0.2, 0.25) is 0 Å². The molecule has 1 aromatic rings. The first-order valence-corrected chi connectivity index (χ1v) is 6.31. The molecule has 0 spiro atoms. The van der Waals surface area contributed by atoms with Crippen LogP contribution in [0.5, 0.6) is 0 Å². The molecule has 0 amide bonds. The Hall–Kier alpha value is -1.96. The minimum absolute atomic E-state index is 0.0615. The third-order valence-corrected chi connectivity index (χ3v) is 3.24. The highest BCUT2D eigenvalue weighted by Crippen LogP contribution is 2.20. The largest absolute Gasteiger partial charge is 0.478 e. The Bertz CT molecular complexity index is 468. The number of hydrogen-bond acceptors (Lipinski definition) is 6. The summed E-state index contributed by atoms with van der Waals surface area (Å²) >= 11 is 0. The van der Waals surface area contributed by atoms with Gasteiger partial charge in [-0.3, -0.25) is 0 Å². The van der Waals surface area contributed by atoms with Crippen molar-refractivity contribution in [2.24, 2.45) is 5.41 Å². The van der Waals surface area contributed by atoms with E-state index in [1.165, 1.54) is 24.3 Å². The van der Waals surface area contributed by atoms with Gasteiger partial charge in [-0.2, -0.15) is 0 Å². The van der Waals surface area contributed by atoms with E-state index < -0.39 is 37.2 Å². The molecule has 0 aromatic heterocycles. The lowest BCUT2D eigenvalue weighted by molar-refractivity contribution is -0.0172. The van der Waals surface area contributed by atoms with Gasteiger partial charge in [-0.15, -0.1) is 0 Å². The normalized spacial score (nSPS) is 11.2. The zero-order valence-corrected chi connectivity index (χ0v) is 11.4. The van der Waals surface area contributed by atoms with Gasteiger partial charge in [0.1, 0.15) is 0 Å². The Balaban J connectivity index is 2.56. The molecular weight excluding hydrogens is 280 g/mol. The summed E-state index contributed by atoms with van der Waals surface area (Å²) in [5.74, 6) is -1.73. The number of esters is 1. The van der Waals surface area contributed by atoms with Crippen molar-refractivity contribution in [2.75, 3.05) is 26.4 Å². The smallest absolute Gasteiger partial charge is 0.338 e. The highest BCUT2D eigenvalue weighted by Gasteiger charge is 2.28. The first-order valence-electron chi connectivity index (χ1n) is 6.31. The third kappa shape index (κ3) is 4.52. The van der Waals surface area contributed by atoms with E-state index >= 15 is 0 Å². The van der Waals surface area contributed by atoms with Crippen molar-refractivity contribution in [3.8, 4) is 0 Å². The standard InChI is InChI=1S/C14H18O7/c15-7-14(8-16,9-17)5-6-21-13(20)11-3-1-10(2-4-11)12(18)19/h1-4,15-17H,5-9H2,(H,18,19). The number of aliphatic hydroxyl groups is 3. The SMILES string of the molecule is O=C(O)c1ccc(C(=O)OCCC(CO)(CO)CO)cc1. The van der Waals surface area contributed by atoms with Crippen molar-refractivity contribution >= 4 is 11.9 Å².